The molecule has 18 heavy (non-hydrogen) atoms. The summed E-state index contributed by atoms with van der Waals surface area (Å²) in [5, 5.41) is 10.6. The third-order valence-electron chi connectivity index (χ3n) is 2.01. The van der Waals surface area contributed by atoms with Crippen LogP contribution in [0.4, 0.5) is 14.6 Å². The number of halogens is 3. The van der Waals surface area contributed by atoms with Crippen molar-refractivity contribution in [1.82, 2.24) is 4.98 Å². The van der Waals surface area contributed by atoms with Crippen molar-refractivity contribution in [3.8, 4) is 0 Å². The fourth-order valence-electron chi connectivity index (χ4n) is 1.22. The topological polar surface area (TPSA) is 82.3 Å². The summed E-state index contributed by atoms with van der Waals surface area (Å²) in [6.45, 7) is 0. The van der Waals surface area contributed by atoms with Crippen molar-refractivity contribution in [2.45, 2.75) is 12.8 Å². The maximum atomic E-state index is 12.7. The lowest BCUT2D eigenvalue weighted by Gasteiger charge is -2.05. The summed E-state index contributed by atoms with van der Waals surface area (Å²) in [4.78, 5) is 24.1. The fraction of sp³-hybridized carbons (Fsp3) is 0.333. The van der Waals surface area contributed by atoms with Crippen LogP contribution in [-0.4, -0.2) is 23.0 Å². The normalized spacial score (nSPS) is 10.5. The SMILES string of the molecule is COC(=O)Cc1cc(I)c([N+](=O)[O-])nc1C(F)F. The van der Waals surface area contributed by atoms with Gasteiger partial charge >= 0.3 is 18.2 Å². The number of pyridine rings is 1. The Morgan fingerprint density at radius 1 is 1.67 bits per heavy atom. The van der Waals surface area contributed by atoms with Gasteiger partial charge in [-0.05, 0) is 38.6 Å². The maximum absolute atomic E-state index is 12.7. The van der Waals surface area contributed by atoms with Crippen LogP contribution in [-0.2, 0) is 16.0 Å². The van der Waals surface area contributed by atoms with Crippen molar-refractivity contribution in [3.05, 3.63) is 31.0 Å². The van der Waals surface area contributed by atoms with Crippen LogP contribution in [0.2, 0.25) is 0 Å². The standard InChI is InChI=1S/C9H7F2IN2O4/c1-18-6(15)3-4-2-5(12)9(14(16)17)13-7(4)8(10)11/h2,8H,3H2,1H3. The number of aromatic nitrogens is 1. The molecule has 1 rings (SSSR count). The van der Waals surface area contributed by atoms with E-state index in [1.165, 1.54) is 0 Å². The van der Waals surface area contributed by atoms with E-state index in [1.807, 2.05) is 0 Å². The number of rotatable bonds is 4. The van der Waals surface area contributed by atoms with Crippen molar-refractivity contribution in [3.63, 3.8) is 0 Å². The molecule has 6 nitrogen and oxygen atoms in total. The van der Waals surface area contributed by atoms with Gasteiger partial charge in [0.15, 0.2) is 0 Å². The van der Waals surface area contributed by atoms with E-state index in [0.29, 0.717) is 0 Å². The third kappa shape index (κ3) is 3.31. The minimum absolute atomic E-state index is 0.0770. The summed E-state index contributed by atoms with van der Waals surface area (Å²) >= 11 is 1.60. The van der Waals surface area contributed by atoms with Gasteiger partial charge in [0.1, 0.15) is 3.57 Å². The van der Waals surface area contributed by atoms with Crippen molar-refractivity contribution in [2.24, 2.45) is 0 Å². The molecule has 0 spiro atoms. The number of carbonyl (C=O) groups excluding carboxylic acids is 1. The monoisotopic (exact) mass is 372 g/mol. The minimum Gasteiger partial charge on any atom is -0.469 e. The lowest BCUT2D eigenvalue weighted by Crippen LogP contribution is -2.10. The third-order valence-corrected chi connectivity index (χ3v) is 2.81. The zero-order chi connectivity index (χ0) is 13.9. The lowest BCUT2D eigenvalue weighted by atomic mass is 10.1. The lowest BCUT2D eigenvalue weighted by molar-refractivity contribution is -0.390. The molecule has 0 aliphatic carbocycles. The molecule has 0 aromatic carbocycles. The molecule has 98 valence electrons. The first-order chi connectivity index (χ1) is 8.36. The molecule has 0 saturated carbocycles. The molecule has 0 amide bonds. The highest BCUT2D eigenvalue weighted by Crippen LogP contribution is 2.28. The van der Waals surface area contributed by atoms with Crippen molar-refractivity contribution < 1.29 is 23.2 Å². The fourth-order valence-corrected chi connectivity index (χ4v) is 1.91. The Balaban J connectivity index is 3.29. The van der Waals surface area contributed by atoms with Crippen LogP contribution in [0.3, 0.4) is 0 Å². The molecular formula is C9H7F2IN2O4. The molecule has 1 aromatic rings. The van der Waals surface area contributed by atoms with Crippen LogP contribution in [0.15, 0.2) is 6.07 Å². The van der Waals surface area contributed by atoms with E-state index in [1.54, 1.807) is 22.6 Å². The molecule has 0 aliphatic heterocycles. The second-order valence-corrected chi connectivity index (χ2v) is 4.31. The number of hydrogen-bond acceptors (Lipinski definition) is 5. The molecule has 1 heterocycles. The Kier molecular flexibility index (Phi) is 4.87. The van der Waals surface area contributed by atoms with Gasteiger partial charge in [-0.25, -0.2) is 8.78 Å². The number of nitrogens with zero attached hydrogens (tertiary/aromatic N) is 2. The molecule has 0 saturated heterocycles. The molecule has 9 heteroatoms. The molecule has 0 bridgehead atoms. The largest absolute Gasteiger partial charge is 0.469 e. The van der Waals surface area contributed by atoms with E-state index < -0.39 is 35.3 Å². The number of carbonyl (C=O) groups is 1. The highest BCUT2D eigenvalue weighted by molar-refractivity contribution is 14.1. The van der Waals surface area contributed by atoms with E-state index in [-0.39, 0.29) is 9.13 Å². The first kappa shape index (κ1) is 14.7. The predicted molar refractivity (Wildman–Crippen MR) is 64.3 cm³/mol. The number of hydrogen-bond donors (Lipinski definition) is 0. The van der Waals surface area contributed by atoms with Crippen LogP contribution in [0.5, 0.6) is 0 Å². The molecule has 1 aromatic heterocycles. The smallest absolute Gasteiger partial charge is 0.377 e. The van der Waals surface area contributed by atoms with Gasteiger partial charge in [0.2, 0.25) is 5.69 Å². The first-order valence-electron chi connectivity index (χ1n) is 4.55. The minimum atomic E-state index is -3.00. The van der Waals surface area contributed by atoms with Crippen LogP contribution < -0.4 is 0 Å². The molecule has 0 aliphatic rings. The van der Waals surface area contributed by atoms with Gasteiger partial charge in [-0.15, -0.1) is 0 Å². The summed E-state index contributed by atoms with van der Waals surface area (Å²) in [6.07, 6.45) is -3.41. The summed E-state index contributed by atoms with van der Waals surface area (Å²) in [7, 11) is 1.12. The number of esters is 1. The summed E-state index contributed by atoms with van der Waals surface area (Å²) in [5.74, 6) is -1.37. The van der Waals surface area contributed by atoms with Crippen molar-refractivity contribution in [2.75, 3.05) is 7.11 Å². The number of ether oxygens (including phenoxy) is 1. The second kappa shape index (κ2) is 5.98. The Morgan fingerprint density at radius 3 is 2.72 bits per heavy atom. The van der Waals surface area contributed by atoms with Gasteiger partial charge in [-0.2, -0.15) is 0 Å². The maximum Gasteiger partial charge on any atom is 0.377 e. The summed E-state index contributed by atoms with van der Waals surface area (Å²) in [5.41, 5.74) is -0.848. The summed E-state index contributed by atoms with van der Waals surface area (Å²) in [6, 6.07) is 1.14. The number of nitro groups is 1. The molecule has 0 unspecified atom stereocenters. The van der Waals surface area contributed by atoms with Gasteiger partial charge < -0.3 is 14.9 Å². The van der Waals surface area contributed by atoms with Gasteiger partial charge in [0.05, 0.1) is 13.5 Å². The van der Waals surface area contributed by atoms with Gasteiger partial charge in [0, 0.05) is 5.56 Å². The van der Waals surface area contributed by atoms with Crippen LogP contribution in [0.1, 0.15) is 17.7 Å². The van der Waals surface area contributed by atoms with Crippen LogP contribution in [0, 0.1) is 13.7 Å². The average Bonchev–Trinajstić information content (AvgIpc) is 2.27. The first-order valence-corrected chi connectivity index (χ1v) is 5.63. The molecule has 0 radical (unpaired) electrons. The van der Waals surface area contributed by atoms with Gasteiger partial charge in [-0.3, -0.25) is 4.79 Å². The Hall–Kier alpha value is -1.39. The van der Waals surface area contributed by atoms with Crippen molar-refractivity contribution in [1.29, 1.82) is 0 Å². The zero-order valence-corrected chi connectivity index (χ0v) is 11.2. The van der Waals surface area contributed by atoms with Gasteiger partial charge in [-0.1, -0.05) is 0 Å². The predicted octanol–water partition coefficient (Wildman–Crippen LogP) is 2.25. The highest BCUT2D eigenvalue weighted by atomic mass is 127. The second-order valence-electron chi connectivity index (χ2n) is 3.15. The Labute approximate surface area is 114 Å². The Bertz CT molecular complexity index is 496. The van der Waals surface area contributed by atoms with Crippen LogP contribution in [0.25, 0.3) is 0 Å². The van der Waals surface area contributed by atoms with Crippen molar-refractivity contribution >= 4 is 34.4 Å². The van der Waals surface area contributed by atoms with Crippen LogP contribution >= 0.6 is 22.6 Å². The average molecular weight is 372 g/mol. The van der Waals surface area contributed by atoms with Gasteiger partial charge in [0.25, 0.3) is 0 Å². The molecule has 0 atom stereocenters. The summed E-state index contributed by atoms with van der Waals surface area (Å²) < 4.78 is 29.9. The van der Waals surface area contributed by atoms with E-state index in [4.69, 9.17) is 0 Å². The molecular weight excluding hydrogens is 365 g/mol. The molecule has 0 fully saturated rings. The van der Waals surface area contributed by atoms with E-state index in [2.05, 4.69) is 9.72 Å². The number of alkyl halides is 2. The van der Waals surface area contributed by atoms with E-state index in [0.717, 1.165) is 13.2 Å². The highest BCUT2D eigenvalue weighted by Gasteiger charge is 2.27. The zero-order valence-electron chi connectivity index (χ0n) is 9.02. The van der Waals surface area contributed by atoms with E-state index in [9.17, 15) is 23.7 Å². The molecule has 0 N–H and O–H groups in total. The number of methoxy groups -OCH3 is 1. The quantitative estimate of drug-likeness (QED) is 0.351. The van der Waals surface area contributed by atoms with E-state index >= 15 is 0 Å². The Morgan fingerprint density at radius 2 is 2.28 bits per heavy atom.